The Morgan fingerprint density at radius 2 is 2.14 bits per heavy atom. The first-order valence-electron chi connectivity index (χ1n) is 7.25. The molecule has 2 heterocycles. The van der Waals surface area contributed by atoms with E-state index < -0.39 is 0 Å². The summed E-state index contributed by atoms with van der Waals surface area (Å²) in [5.74, 6) is -0.0604. The number of carbonyl (C=O) groups excluding carboxylic acids is 1. The molecule has 2 aromatic rings. The van der Waals surface area contributed by atoms with Crippen LogP contribution in [0.3, 0.4) is 0 Å². The lowest BCUT2D eigenvalue weighted by Gasteiger charge is -2.20. The van der Waals surface area contributed by atoms with E-state index in [0.29, 0.717) is 0 Å². The summed E-state index contributed by atoms with van der Waals surface area (Å²) in [7, 11) is 1.88. The molecular weight excluding hydrogens is 300 g/mol. The number of aryl methyl sites for hydroxylation is 2. The Bertz CT molecular complexity index is 708. The van der Waals surface area contributed by atoms with E-state index >= 15 is 0 Å². The highest BCUT2D eigenvalue weighted by Gasteiger charge is 2.19. The largest absolute Gasteiger partial charge is 0.385 e. The molecule has 0 spiro atoms. The highest BCUT2D eigenvalue weighted by Crippen LogP contribution is 2.27. The van der Waals surface area contributed by atoms with Gasteiger partial charge in [0.15, 0.2) is 0 Å². The second-order valence-electron chi connectivity index (χ2n) is 5.49. The Balaban J connectivity index is 0.00000176. The molecule has 1 aromatic heterocycles. The minimum Gasteiger partial charge on any atom is -0.385 e. The Hall–Kier alpha value is -2.01. The number of hydrogen-bond acceptors (Lipinski definition) is 3. The molecule has 0 unspecified atom stereocenters. The number of halogens is 1. The van der Waals surface area contributed by atoms with Crippen LogP contribution in [0.15, 0.2) is 18.2 Å². The molecule has 0 bridgehead atoms. The summed E-state index contributed by atoms with van der Waals surface area (Å²) in [5, 5.41) is 10.7. The van der Waals surface area contributed by atoms with E-state index in [1.165, 1.54) is 0 Å². The van der Waals surface area contributed by atoms with E-state index in [1.807, 2.05) is 39.1 Å². The Morgan fingerprint density at radius 1 is 1.36 bits per heavy atom. The predicted molar refractivity (Wildman–Crippen MR) is 91.1 cm³/mol. The molecule has 2 N–H and O–H groups in total. The van der Waals surface area contributed by atoms with E-state index in [4.69, 9.17) is 0 Å². The zero-order chi connectivity index (χ0) is 15.0. The quantitative estimate of drug-likeness (QED) is 0.894. The van der Waals surface area contributed by atoms with Gasteiger partial charge in [-0.15, -0.1) is 12.4 Å². The number of benzene rings is 1. The first-order valence-corrected chi connectivity index (χ1v) is 7.25. The van der Waals surface area contributed by atoms with Crippen molar-refractivity contribution in [2.45, 2.75) is 26.7 Å². The highest BCUT2D eigenvalue weighted by atomic mass is 35.5. The first-order chi connectivity index (χ1) is 10.1. The number of aromatic nitrogens is 2. The van der Waals surface area contributed by atoms with Crippen LogP contribution in [0.25, 0.3) is 0 Å². The van der Waals surface area contributed by atoms with Crippen LogP contribution in [0.5, 0.6) is 0 Å². The molecule has 1 aromatic carbocycles. The SMILES string of the molecule is Cc1nn(C)c(C)c1NC(=O)c1cccc2c1CCCN2.Cl. The van der Waals surface area contributed by atoms with Crippen molar-refractivity contribution in [1.82, 2.24) is 9.78 Å². The molecule has 0 atom stereocenters. The molecule has 6 heteroatoms. The van der Waals surface area contributed by atoms with Crippen LogP contribution in [0.2, 0.25) is 0 Å². The molecule has 118 valence electrons. The Kier molecular flexibility index (Phi) is 4.76. The van der Waals surface area contributed by atoms with Gasteiger partial charge in [0.05, 0.1) is 17.1 Å². The summed E-state index contributed by atoms with van der Waals surface area (Å²) >= 11 is 0. The standard InChI is InChI=1S/C16H20N4O.ClH/c1-10-15(11(2)20(3)19-10)18-16(21)13-6-4-8-14-12(13)7-5-9-17-14;/h4,6,8,17H,5,7,9H2,1-3H3,(H,18,21);1H. The van der Waals surface area contributed by atoms with Gasteiger partial charge in [0.25, 0.3) is 5.91 Å². The smallest absolute Gasteiger partial charge is 0.256 e. The second kappa shape index (κ2) is 6.40. The van der Waals surface area contributed by atoms with E-state index in [0.717, 1.165) is 53.3 Å². The van der Waals surface area contributed by atoms with Crippen LogP contribution < -0.4 is 10.6 Å². The summed E-state index contributed by atoms with van der Waals surface area (Å²) in [6.07, 6.45) is 2.00. The topological polar surface area (TPSA) is 59.0 Å². The van der Waals surface area contributed by atoms with Crippen molar-refractivity contribution in [3.8, 4) is 0 Å². The van der Waals surface area contributed by atoms with Gasteiger partial charge in [-0.2, -0.15) is 5.10 Å². The number of nitrogens with zero attached hydrogens (tertiary/aromatic N) is 2. The van der Waals surface area contributed by atoms with Gasteiger partial charge in [0.1, 0.15) is 0 Å². The van der Waals surface area contributed by atoms with Gasteiger partial charge in [-0.05, 0) is 44.4 Å². The molecule has 0 radical (unpaired) electrons. The molecule has 1 aliphatic heterocycles. The predicted octanol–water partition coefficient (Wildman–Crippen LogP) is 3.07. The lowest BCUT2D eigenvalue weighted by atomic mass is 9.97. The minimum atomic E-state index is -0.0604. The number of nitrogens with one attached hydrogen (secondary N) is 2. The monoisotopic (exact) mass is 320 g/mol. The van der Waals surface area contributed by atoms with Crippen LogP contribution in [0.1, 0.15) is 33.7 Å². The maximum Gasteiger partial charge on any atom is 0.256 e. The van der Waals surface area contributed by atoms with Gasteiger partial charge in [0, 0.05) is 24.8 Å². The fraction of sp³-hybridized carbons (Fsp3) is 0.375. The fourth-order valence-electron chi connectivity index (χ4n) is 2.86. The van der Waals surface area contributed by atoms with Gasteiger partial charge >= 0.3 is 0 Å². The van der Waals surface area contributed by atoms with Crippen LogP contribution in [-0.4, -0.2) is 22.2 Å². The van der Waals surface area contributed by atoms with Gasteiger partial charge in [-0.3, -0.25) is 9.48 Å². The minimum absolute atomic E-state index is 0. The summed E-state index contributed by atoms with van der Waals surface area (Å²) in [5.41, 5.74) is 5.55. The van der Waals surface area contributed by atoms with Crippen molar-refractivity contribution in [3.63, 3.8) is 0 Å². The highest BCUT2D eigenvalue weighted by molar-refractivity contribution is 6.06. The molecule has 3 rings (SSSR count). The second-order valence-corrected chi connectivity index (χ2v) is 5.49. The third-order valence-electron chi connectivity index (χ3n) is 4.09. The van der Waals surface area contributed by atoms with Crippen LogP contribution in [0.4, 0.5) is 11.4 Å². The van der Waals surface area contributed by atoms with Crippen LogP contribution in [-0.2, 0) is 13.5 Å². The fourth-order valence-corrected chi connectivity index (χ4v) is 2.86. The lowest BCUT2D eigenvalue weighted by molar-refractivity contribution is 0.102. The molecule has 5 nitrogen and oxygen atoms in total. The number of fused-ring (bicyclic) bond motifs is 1. The zero-order valence-electron chi connectivity index (χ0n) is 13.1. The maximum absolute atomic E-state index is 12.6. The normalized spacial score (nSPS) is 12.9. The summed E-state index contributed by atoms with van der Waals surface area (Å²) < 4.78 is 1.78. The van der Waals surface area contributed by atoms with Crippen LogP contribution >= 0.6 is 12.4 Å². The maximum atomic E-state index is 12.6. The van der Waals surface area contributed by atoms with Crippen LogP contribution in [0, 0.1) is 13.8 Å². The molecule has 0 aliphatic carbocycles. The molecule has 0 saturated heterocycles. The van der Waals surface area contributed by atoms with Gasteiger partial charge in [-0.25, -0.2) is 0 Å². The molecular formula is C16H21ClN4O. The van der Waals surface area contributed by atoms with E-state index in [-0.39, 0.29) is 18.3 Å². The summed E-state index contributed by atoms with van der Waals surface area (Å²) in [6, 6.07) is 5.85. The molecule has 1 amide bonds. The third kappa shape index (κ3) is 2.81. The van der Waals surface area contributed by atoms with Gasteiger partial charge in [-0.1, -0.05) is 6.07 Å². The van der Waals surface area contributed by atoms with Gasteiger partial charge in [0.2, 0.25) is 0 Å². The third-order valence-corrected chi connectivity index (χ3v) is 4.09. The van der Waals surface area contributed by atoms with Crippen molar-refractivity contribution >= 4 is 29.7 Å². The summed E-state index contributed by atoms with van der Waals surface area (Å²) in [6.45, 7) is 4.83. The van der Waals surface area contributed by atoms with Crippen molar-refractivity contribution in [2.75, 3.05) is 17.2 Å². The number of carbonyl (C=O) groups is 1. The number of amides is 1. The van der Waals surface area contributed by atoms with Crippen molar-refractivity contribution in [3.05, 3.63) is 40.7 Å². The van der Waals surface area contributed by atoms with Crippen molar-refractivity contribution in [1.29, 1.82) is 0 Å². The molecule has 1 aliphatic rings. The van der Waals surface area contributed by atoms with Gasteiger partial charge < -0.3 is 10.6 Å². The van der Waals surface area contributed by atoms with E-state index in [1.54, 1.807) is 4.68 Å². The van der Waals surface area contributed by atoms with E-state index in [9.17, 15) is 4.79 Å². The van der Waals surface area contributed by atoms with E-state index in [2.05, 4.69) is 15.7 Å². The average Bonchev–Trinajstić information content (AvgIpc) is 2.73. The van der Waals surface area contributed by atoms with Crippen molar-refractivity contribution < 1.29 is 4.79 Å². The Morgan fingerprint density at radius 3 is 2.82 bits per heavy atom. The average molecular weight is 321 g/mol. The molecule has 0 fully saturated rings. The number of anilines is 2. The number of hydrogen-bond donors (Lipinski definition) is 2. The Labute approximate surface area is 136 Å². The van der Waals surface area contributed by atoms with Crippen molar-refractivity contribution in [2.24, 2.45) is 7.05 Å². The lowest BCUT2D eigenvalue weighted by Crippen LogP contribution is -2.19. The zero-order valence-corrected chi connectivity index (χ0v) is 13.9. The summed E-state index contributed by atoms with van der Waals surface area (Å²) in [4.78, 5) is 12.6. The molecule has 0 saturated carbocycles. The molecule has 22 heavy (non-hydrogen) atoms. The number of rotatable bonds is 2. The first kappa shape index (κ1) is 16.4.